The molecule has 5 heterocycles. The maximum atomic E-state index is 12.9. The normalized spacial score (nSPS) is 20.0. The Hall–Kier alpha value is -3.72. The summed E-state index contributed by atoms with van der Waals surface area (Å²) >= 11 is 6.21. The lowest BCUT2D eigenvalue weighted by molar-refractivity contribution is -0.0591. The summed E-state index contributed by atoms with van der Waals surface area (Å²) in [5.74, 6) is 1.93. The second-order valence-corrected chi connectivity index (χ2v) is 14.0. The highest BCUT2D eigenvalue weighted by Crippen LogP contribution is 2.37. The van der Waals surface area contributed by atoms with Gasteiger partial charge in [-0.05, 0) is 106 Å². The summed E-state index contributed by atoms with van der Waals surface area (Å²) in [6.45, 7) is 10.3. The zero-order valence-electron chi connectivity index (χ0n) is 26.8. The number of aromatic nitrogens is 3. The Balaban J connectivity index is 1.06. The topological polar surface area (TPSA) is 78.7 Å². The summed E-state index contributed by atoms with van der Waals surface area (Å²) in [7, 11) is 0. The Morgan fingerprint density at radius 2 is 1.93 bits per heavy atom. The molecular formula is C37H41ClN4O4. The van der Waals surface area contributed by atoms with Crippen LogP contribution < -0.4 is 4.74 Å². The van der Waals surface area contributed by atoms with E-state index >= 15 is 0 Å². The standard InChI is InChI=1S/C37H41ClN4O4/c1-37(2,3)46-36(43)26-7-10-32-33(20-26)42(22-29-14-18-44-29)35(40-32)23-41-15-11-24(12-16-41)31-6-4-5-28(39-31)19-25-13-17-45-34-21-27(38)8-9-30(25)34/h4-11,20-21,25,29H,12-19,22-23H2,1-3H3/t25?,29-/m0/s1. The Morgan fingerprint density at radius 3 is 2.70 bits per heavy atom. The van der Waals surface area contributed by atoms with Crippen molar-refractivity contribution in [2.24, 2.45) is 0 Å². The Bertz CT molecular complexity index is 1790. The van der Waals surface area contributed by atoms with Gasteiger partial charge in [-0.2, -0.15) is 0 Å². The number of rotatable bonds is 8. The quantitative estimate of drug-likeness (QED) is 0.188. The Morgan fingerprint density at radius 1 is 1.07 bits per heavy atom. The van der Waals surface area contributed by atoms with Crippen LogP contribution in [0.3, 0.4) is 0 Å². The van der Waals surface area contributed by atoms with Gasteiger partial charge in [0.25, 0.3) is 0 Å². The molecule has 2 aromatic heterocycles. The van der Waals surface area contributed by atoms with Gasteiger partial charge in [0.15, 0.2) is 0 Å². The molecule has 1 unspecified atom stereocenters. The number of halogens is 1. The lowest BCUT2D eigenvalue weighted by Crippen LogP contribution is -2.33. The zero-order chi connectivity index (χ0) is 31.8. The molecule has 0 spiro atoms. The number of carbonyl (C=O) groups is 1. The van der Waals surface area contributed by atoms with E-state index in [1.807, 2.05) is 51.1 Å². The summed E-state index contributed by atoms with van der Waals surface area (Å²) in [4.78, 5) is 25.4. The van der Waals surface area contributed by atoms with Gasteiger partial charge in [-0.25, -0.2) is 9.78 Å². The van der Waals surface area contributed by atoms with E-state index in [9.17, 15) is 4.79 Å². The van der Waals surface area contributed by atoms with Gasteiger partial charge in [0.2, 0.25) is 0 Å². The van der Waals surface area contributed by atoms with Gasteiger partial charge < -0.3 is 18.8 Å². The molecule has 240 valence electrons. The molecule has 1 fully saturated rings. The second kappa shape index (κ2) is 12.8. The number of hydrogen-bond donors (Lipinski definition) is 0. The molecule has 7 rings (SSSR count). The fourth-order valence-electron chi connectivity index (χ4n) is 6.55. The highest BCUT2D eigenvalue weighted by atomic mass is 35.5. The molecule has 9 heteroatoms. The molecule has 0 N–H and O–H groups in total. The van der Waals surface area contributed by atoms with Crippen LogP contribution in [0.1, 0.15) is 79.1 Å². The first-order chi connectivity index (χ1) is 22.2. The molecule has 0 aliphatic carbocycles. The SMILES string of the molecule is CC(C)(C)OC(=O)c1ccc2nc(CN3CC=C(c4cccc(CC5CCOc6cc(Cl)ccc65)n4)CC3)n(C[C@@H]3CCO3)c2c1. The summed E-state index contributed by atoms with van der Waals surface area (Å²) in [5, 5.41) is 0.703. The number of pyridine rings is 1. The number of nitrogens with zero attached hydrogens (tertiary/aromatic N) is 4. The minimum Gasteiger partial charge on any atom is -0.493 e. The number of fused-ring (bicyclic) bond motifs is 2. The first-order valence-corrected chi connectivity index (χ1v) is 16.7. The molecule has 8 nitrogen and oxygen atoms in total. The van der Waals surface area contributed by atoms with E-state index in [0.29, 0.717) is 29.7 Å². The molecule has 4 aromatic rings. The van der Waals surface area contributed by atoms with E-state index < -0.39 is 5.60 Å². The second-order valence-electron chi connectivity index (χ2n) is 13.6. The largest absolute Gasteiger partial charge is 0.493 e. The summed E-state index contributed by atoms with van der Waals surface area (Å²) in [6, 6.07) is 18.0. The van der Waals surface area contributed by atoms with Crippen LogP contribution in [0.25, 0.3) is 16.6 Å². The molecule has 0 amide bonds. The van der Waals surface area contributed by atoms with Crippen molar-refractivity contribution in [2.45, 2.75) is 77.2 Å². The van der Waals surface area contributed by atoms with Crippen molar-refractivity contribution in [3.05, 3.63) is 94.0 Å². The zero-order valence-corrected chi connectivity index (χ0v) is 27.6. The maximum absolute atomic E-state index is 12.9. The van der Waals surface area contributed by atoms with Crippen molar-refractivity contribution >= 4 is 34.2 Å². The smallest absolute Gasteiger partial charge is 0.338 e. The molecule has 2 atom stereocenters. The van der Waals surface area contributed by atoms with Crippen LogP contribution in [0.15, 0.2) is 60.7 Å². The van der Waals surface area contributed by atoms with E-state index in [1.54, 1.807) is 0 Å². The van der Waals surface area contributed by atoms with Gasteiger partial charge in [0, 0.05) is 30.4 Å². The first-order valence-electron chi connectivity index (χ1n) is 16.3. The molecule has 46 heavy (non-hydrogen) atoms. The minimum atomic E-state index is -0.555. The van der Waals surface area contributed by atoms with Crippen LogP contribution >= 0.6 is 11.6 Å². The van der Waals surface area contributed by atoms with Crippen LogP contribution in [0.4, 0.5) is 0 Å². The van der Waals surface area contributed by atoms with Crippen LogP contribution in [0, 0.1) is 0 Å². The van der Waals surface area contributed by atoms with Crippen molar-refractivity contribution in [2.75, 3.05) is 26.3 Å². The van der Waals surface area contributed by atoms with Crippen molar-refractivity contribution in [3.8, 4) is 5.75 Å². The third kappa shape index (κ3) is 6.85. The maximum Gasteiger partial charge on any atom is 0.338 e. The number of imidazole rings is 1. The number of benzene rings is 2. The van der Waals surface area contributed by atoms with Gasteiger partial charge in [-0.1, -0.05) is 29.8 Å². The number of hydrogen-bond acceptors (Lipinski definition) is 7. The molecule has 0 radical (unpaired) electrons. The molecule has 0 bridgehead atoms. The molecule has 1 saturated heterocycles. The fourth-order valence-corrected chi connectivity index (χ4v) is 6.72. The monoisotopic (exact) mass is 640 g/mol. The van der Waals surface area contributed by atoms with Gasteiger partial charge in [0.1, 0.15) is 17.2 Å². The Labute approximate surface area is 275 Å². The average Bonchev–Trinajstić information content (AvgIpc) is 3.34. The molecule has 3 aliphatic rings. The number of esters is 1. The summed E-state index contributed by atoms with van der Waals surface area (Å²) < 4.78 is 19.6. The van der Waals surface area contributed by atoms with E-state index in [1.165, 1.54) is 11.1 Å². The number of ether oxygens (including phenoxy) is 3. The van der Waals surface area contributed by atoms with Gasteiger partial charge in [-0.3, -0.25) is 9.88 Å². The van der Waals surface area contributed by atoms with Crippen LogP contribution in [0.5, 0.6) is 5.75 Å². The van der Waals surface area contributed by atoms with Gasteiger partial charge in [-0.15, -0.1) is 0 Å². The summed E-state index contributed by atoms with van der Waals surface area (Å²) in [6.07, 6.45) is 6.27. The molecule has 2 aromatic carbocycles. The van der Waals surface area contributed by atoms with E-state index in [4.69, 9.17) is 35.8 Å². The van der Waals surface area contributed by atoms with Crippen LogP contribution in [-0.4, -0.2) is 63.4 Å². The molecular weight excluding hydrogens is 600 g/mol. The van der Waals surface area contributed by atoms with Gasteiger partial charge >= 0.3 is 5.97 Å². The average molecular weight is 641 g/mol. The lowest BCUT2D eigenvalue weighted by atomic mass is 9.89. The Kier molecular flexibility index (Phi) is 8.61. The van der Waals surface area contributed by atoms with Gasteiger partial charge in [0.05, 0.1) is 48.1 Å². The lowest BCUT2D eigenvalue weighted by Gasteiger charge is -2.29. The van der Waals surface area contributed by atoms with Crippen LogP contribution in [0.2, 0.25) is 5.02 Å². The summed E-state index contributed by atoms with van der Waals surface area (Å²) in [5.41, 5.74) is 6.47. The van der Waals surface area contributed by atoms with E-state index in [2.05, 4.69) is 39.8 Å². The van der Waals surface area contributed by atoms with E-state index in [0.717, 1.165) is 85.9 Å². The minimum absolute atomic E-state index is 0.167. The van der Waals surface area contributed by atoms with Crippen molar-refractivity contribution < 1.29 is 19.0 Å². The fraction of sp³-hybridized carbons (Fsp3) is 0.432. The molecule has 0 saturated carbocycles. The van der Waals surface area contributed by atoms with Crippen molar-refractivity contribution in [1.29, 1.82) is 0 Å². The van der Waals surface area contributed by atoms with Crippen LogP contribution in [-0.2, 0) is 29.0 Å². The van der Waals surface area contributed by atoms with Crippen molar-refractivity contribution in [3.63, 3.8) is 0 Å². The highest BCUT2D eigenvalue weighted by Gasteiger charge is 2.26. The highest BCUT2D eigenvalue weighted by molar-refractivity contribution is 6.30. The third-order valence-electron chi connectivity index (χ3n) is 9.03. The first kappa shape index (κ1) is 30.9. The predicted molar refractivity (Wildman–Crippen MR) is 179 cm³/mol. The van der Waals surface area contributed by atoms with Crippen molar-refractivity contribution in [1.82, 2.24) is 19.4 Å². The number of carbonyl (C=O) groups excluding carboxylic acids is 1. The molecule has 3 aliphatic heterocycles. The predicted octanol–water partition coefficient (Wildman–Crippen LogP) is 7.23. The third-order valence-corrected chi connectivity index (χ3v) is 9.27. The van der Waals surface area contributed by atoms with E-state index in [-0.39, 0.29) is 12.1 Å².